The molecule has 1 saturated carbocycles. The third kappa shape index (κ3) is 9.52. The van der Waals surface area contributed by atoms with Crippen molar-refractivity contribution < 1.29 is 0 Å². The molecule has 0 unspecified atom stereocenters. The molecular weight excluding hydrogens is 396 g/mol. The summed E-state index contributed by atoms with van der Waals surface area (Å²) in [4.78, 5) is 0. The van der Waals surface area contributed by atoms with Crippen molar-refractivity contribution in [1.29, 1.82) is 0 Å². The number of unbranched alkanes of at least 4 members (excludes halogenated alkanes) is 5. The first-order chi connectivity index (χ1) is 16.3. The zero-order valence-corrected chi connectivity index (χ0v) is 21.0. The molecule has 0 bridgehead atoms. The van der Waals surface area contributed by atoms with E-state index in [0.29, 0.717) is 0 Å². The summed E-state index contributed by atoms with van der Waals surface area (Å²) in [6.45, 7) is 4.16. The van der Waals surface area contributed by atoms with Crippen LogP contribution in [0.15, 0.2) is 48.5 Å². The maximum atomic E-state index is 3.29. The summed E-state index contributed by atoms with van der Waals surface area (Å²) in [5.74, 6) is 14.5. The van der Waals surface area contributed by atoms with E-state index in [2.05, 4.69) is 54.9 Å². The Labute approximate surface area is 203 Å². The summed E-state index contributed by atoms with van der Waals surface area (Å²) >= 11 is 0. The van der Waals surface area contributed by atoms with Gasteiger partial charge in [0, 0.05) is 16.7 Å². The molecule has 174 valence electrons. The van der Waals surface area contributed by atoms with Gasteiger partial charge in [0.05, 0.1) is 0 Å². The van der Waals surface area contributed by atoms with Crippen LogP contribution in [0.3, 0.4) is 0 Å². The second-order valence-electron chi connectivity index (χ2n) is 9.88. The van der Waals surface area contributed by atoms with E-state index in [4.69, 9.17) is 0 Å². The fourth-order valence-corrected chi connectivity index (χ4v) is 5.07. The number of hydrogen-bond acceptors (Lipinski definition) is 0. The molecular formula is C33H42. The van der Waals surface area contributed by atoms with E-state index in [9.17, 15) is 0 Å². The third-order valence-electron chi connectivity index (χ3n) is 7.23. The van der Waals surface area contributed by atoms with Gasteiger partial charge in [-0.2, -0.15) is 0 Å². The van der Waals surface area contributed by atoms with Crippen LogP contribution in [0, 0.1) is 35.5 Å². The molecule has 2 aromatic carbocycles. The van der Waals surface area contributed by atoms with E-state index >= 15 is 0 Å². The van der Waals surface area contributed by atoms with Gasteiger partial charge >= 0.3 is 0 Å². The van der Waals surface area contributed by atoms with Crippen molar-refractivity contribution in [1.82, 2.24) is 0 Å². The van der Waals surface area contributed by atoms with Gasteiger partial charge < -0.3 is 0 Å². The molecule has 0 spiro atoms. The van der Waals surface area contributed by atoms with Crippen LogP contribution in [0.25, 0.3) is 0 Å². The number of benzene rings is 2. The highest BCUT2D eigenvalue weighted by molar-refractivity contribution is 5.46. The van der Waals surface area contributed by atoms with Gasteiger partial charge in [-0.25, -0.2) is 0 Å². The largest absolute Gasteiger partial charge is 0.101 e. The fraction of sp³-hybridized carbons (Fsp3) is 0.515. The van der Waals surface area contributed by atoms with Gasteiger partial charge in [0.25, 0.3) is 0 Å². The zero-order valence-electron chi connectivity index (χ0n) is 21.0. The molecule has 0 heterocycles. The van der Waals surface area contributed by atoms with Crippen LogP contribution in [0.5, 0.6) is 0 Å². The molecule has 3 rings (SSSR count). The lowest BCUT2D eigenvalue weighted by atomic mass is 9.77. The lowest BCUT2D eigenvalue weighted by Gasteiger charge is -2.28. The monoisotopic (exact) mass is 438 g/mol. The summed E-state index contributed by atoms with van der Waals surface area (Å²) < 4.78 is 0. The van der Waals surface area contributed by atoms with Crippen LogP contribution in [-0.4, -0.2) is 0 Å². The Hall–Kier alpha value is -2.44. The van der Waals surface area contributed by atoms with Crippen molar-refractivity contribution in [2.45, 2.75) is 97.3 Å². The Kier molecular flexibility index (Phi) is 11.2. The first-order valence-corrected chi connectivity index (χ1v) is 13.4. The van der Waals surface area contributed by atoms with Gasteiger partial charge in [-0.05, 0) is 73.6 Å². The predicted octanol–water partition coefficient (Wildman–Crippen LogP) is 8.95. The highest BCUT2D eigenvalue weighted by Crippen LogP contribution is 2.34. The maximum absolute atomic E-state index is 3.29. The van der Waals surface area contributed by atoms with Gasteiger partial charge in [0.15, 0.2) is 0 Å². The lowest BCUT2D eigenvalue weighted by molar-refractivity contribution is 0.248. The number of hydrogen-bond donors (Lipinski definition) is 0. The molecule has 1 aliphatic carbocycles. The van der Waals surface area contributed by atoms with Crippen LogP contribution < -0.4 is 0 Å². The highest BCUT2D eigenvalue weighted by atomic mass is 14.3. The van der Waals surface area contributed by atoms with Crippen molar-refractivity contribution in [3.8, 4) is 23.7 Å². The molecule has 0 aliphatic heterocycles. The summed E-state index contributed by atoms with van der Waals surface area (Å²) in [5.41, 5.74) is 4.62. The van der Waals surface area contributed by atoms with E-state index < -0.39 is 0 Å². The normalized spacial score (nSPS) is 17.5. The first-order valence-electron chi connectivity index (χ1n) is 13.4. The van der Waals surface area contributed by atoms with E-state index in [1.54, 1.807) is 0 Å². The quantitative estimate of drug-likeness (QED) is 0.256. The van der Waals surface area contributed by atoms with Gasteiger partial charge in [-0.3, -0.25) is 0 Å². The van der Waals surface area contributed by atoms with Crippen LogP contribution >= 0.6 is 0 Å². The van der Waals surface area contributed by atoms with Crippen LogP contribution in [0.2, 0.25) is 0 Å². The van der Waals surface area contributed by atoms with Gasteiger partial charge in [0.2, 0.25) is 0 Å². The third-order valence-corrected chi connectivity index (χ3v) is 7.23. The fourth-order valence-electron chi connectivity index (χ4n) is 5.07. The van der Waals surface area contributed by atoms with E-state index in [-0.39, 0.29) is 0 Å². The average Bonchev–Trinajstić information content (AvgIpc) is 2.86. The molecule has 0 radical (unpaired) electrons. The maximum Gasteiger partial charge on any atom is 0.0249 e. The van der Waals surface area contributed by atoms with Gasteiger partial charge in [-0.15, -0.1) is 5.92 Å². The smallest absolute Gasteiger partial charge is 0.0249 e. The van der Waals surface area contributed by atoms with Crippen molar-refractivity contribution in [2.75, 3.05) is 0 Å². The Morgan fingerprint density at radius 3 is 1.67 bits per heavy atom. The minimum Gasteiger partial charge on any atom is -0.101 e. The molecule has 0 N–H and O–H groups in total. The molecule has 0 atom stereocenters. The number of rotatable bonds is 10. The molecule has 2 aromatic rings. The zero-order chi connectivity index (χ0) is 23.1. The minimum atomic E-state index is 0.936. The molecule has 0 saturated heterocycles. The van der Waals surface area contributed by atoms with E-state index in [1.807, 2.05) is 31.2 Å². The summed E-state index contributed by atoms with van der Waals surface area (Å²) in [7, 11) is 0. The standard InChI is InChI=1S/C33H42/c1-3-5-6-7-8-9-11-29-14-18-31(19-15-29)21-23-33-26-24-32(25-27-33)22-20-30-16-12-28(10-4-2)13-17-30/h12-13,16-17,24-27,29,31H,3,5-9,11,14-15,18-19,21,23H2,1-2H3/t29-,31-. The average molecular weight is 439 g/mol. The molecule has 1 fully saturated rings. The second-order valence-corrected chi connectivity index (χ2v) is 9.88. The Morgan fingerprint density at radius 1 is 0.606 bits per heavy atom. The second kappa shape index (κ2) is 14.7. The predicted molar refractivity (Wildman–Crippen MR) is 143 cm³/mol. The molecule has 0 amide bonds. The summed E-state index contributed by atoms with van der Waals surface area (Å²) in [6.07, 6.45) is 18.5. The minimum absolute atomic E-state index is 0.936. The molecule has 0 heteroatoms. The Morgan fingerprint density at radius 2 is 1.09 bits per heavy atom. The van der Waals surface area contributed by atoms with Crippen LogP contribution in [0.1, 0.15) is 113 Å². The Bertz CT molecular complexity index is 916. The molecule has 33 heavy (non-hydrogen) atoms. The van der Waals surface area contributed by atoms with Gasteiger partial charge in [0.1, 0.15) is 0 Å². The molecule has 0 nitrogen and oxygen atoms in total. The van der Waals surface area contributed by atoms with Crippen LogP contribution in [0.4, 0.5) is 0 Å². The molecule has 0 aromatic heterocycles. The van der Waals surface area contributed by atoms with Crippen LogP contribution in [-0.2, 0) is 6.42 Å². The van der Waals surface area contributed by atoms with E-state index in [0.717, 1.165) is 28.5 Å². The lowest BCUT2D eigenvalue weighted by Crippen LogP contribution is -2.15. The topological polar surface area (TPSA) is 0 Å². The van der Waals surface area contributed by atoms with Crippen molar-refractivity contribution in [3.05, 3.63) is 70.8 Å². The van der Waals surface area contributed by atoms with Crippen molar-refractivity contribution >= 4 is 0 Å². The van der Waals surface area contributed by atoms with Crippen molar-refractivity contribution in [2.24, 2.45) is 11.8 Å². The summed E-state index contributed by atoms with van der Waals surface area (Å²) in [5, 5.41) is 0. The highest BCUT2D eigenvalue weighted by Gasteiger charge is 2.20. The summed E-state index contributed by atoms with van der Waals surface area (Å²) in [6, 6.07) is 17.1. The number of aryl methyl sites for hydroxylation is 1. The van der Waals surface area contributed by atoms with Gasteiger partial charge in [-0.1, -0.05) is 107 Å². The first kappa shape index (κ1) is 25.2. The molecule has 1 aliphatic rings. The van der Waals surface area contributed by atoms with E-state index in [1.165, 1.54) is 89.0 Å². The SMILES string of the molecule is CC#Cc1ccc(C#Cc2ccc(CC[C@H]3CC[C@H](CCCCCCCC)CC3)cc2)cc1. The Balaban J connectivity index is 1.34. The van der Waals surface area contributed by atoms with Crippen molar-refractivity contribution in [3.63, 3.8) is 0 Å².